The van der Waals surface area contributed by atoms with Gasteiger partial charge in [0.2, 0.25) is 0 Å². The fourth-order valence-corrected chi connectivity index (χ4v) is 3.00. The number of aryl methyl sites for hydroxylation is 1. The molecule has 114 valence electrons. The lowest BCUT2D eigenvalue weighted by Gasteiger charge is -2.24. The van der Waals surface area contributed by atoms with E-state index < -0.39 is 0 Å². The zero-order chi connectivity index (χ0) is 15.1. The van der Waals surface area contributed by atoms with Gasteiger partial charge in [-0.15, -0.1) is 11.3 Å². The molecule has 0 amide bonds. The second-order valence-corrected chi connectivity index (χ2v) is 6.25. The van der Waals surface area contributed by atoms with Gasteiger partial charge in [-0.25, -0.2) is 4.98 Å². The van der Waals surface area contributed by atoms with Crippen LogP contribution in [0, 0.1) is 0 Å². The van der Waals surface area contributed by atoms with Crippen molar-refractivity contribution in [3.63, 3.8) is 0 Å². The first kappa shape index (κ1) is 16.1. The number of hydrogen-bond donors (Lipinski definition) is 1. The Morgan fingerprint density at radius 3 is 2.57 bits per heavy atom. The Balaban J connectivity index is 2.04. The summed E-state index contributed by atoms with van der Waals surface area (Å²) < 4.78 is 0. The minimum atomic E-state index is -0.280. The van der Waals surface area contributed by atoms with Gasteiger partial charge in [0.1, 0.15) is 0 Å². The Labute approximate surface area is 131 Å². The van der Waals surface area contributed by atoms with Crippen LogP contribution in [0.25, 0.3) is 0 Å². The summed E-state index contributed by atoms with van der Waals surface area (Å²) in [6.07, 6.45) is 1.49. The van der Waals surface area contributed by atoms with Crippen molar-refractivity contribution < 1.29 is 5.11 Å². The maximum atomic E-state index is 9.98. The summed E-state index contributed by atoms with van der Waals surface area (Å²) in [7, 11) is 0. The molecule has 0 spiro atoms. The van der Waals surface area contributed by atoms with Crippen LogP contribution in [0.15, 0.2) is 35.7 Å². The van der Waals surface area contributed by atoms with Crippen LogP contribution in [-0.4, -0.2) is 27.6 Å². The van der Waals surface area contributed by atoms with Crippen molar-refractivity contribution in [2.24, 2.45) is 0 Å². The molecule has 2 rings (SSSR count). The minimum absolute atomic E-state index is 0.280. The Hall–Kier alpha value is -1.23. The van der Waals surface area contributed by atoms with Crippen LogP contribution in [0.1, 0.15) is 36.5 Å². The van der Waals surface area contributed by atoms with Crippen molar-refractivity contribution >= 4 is 11.3 Å². The molecular formula is C17H24N2OS. The summed E-state index contributed by atoms with van der Waals surface area (Å²) >= 11 is 1.72. The van der Waals surface area contributed by atoms with E-state index in [2.05, 4.69) is 46.5 Å². The van der Waals surface area contributed by atoms with Crippen LogP contribution in [0.3, 0.4) is 0 Å². The van der Waals surface area contributed by atoms with Gasteiger partial charge in [0.15, 0.2) is 0 Å². The third-order valence-electron chi connectivity index (χ3n) is 3.48. The molecule has 1 N–H and O–H groups in total. The van der Waals surface area contributed by atoms with Crippen LogP contribution in [0.5, 0.6) is 0 Å². The van der Waals surface area contributed by atoms with E-state index in [-0.39, 0.29) is 6.10 Å². The van der Waals surface area contributed by atoms with Crippen molar-refractivity contribution in [1.29, 1.82) is 0 Å². The van der Waals surface area contributed by atoms with Crippen molar-refractivity contribution in [3.05, 3.63) is 52.0 Å². The quantitative estimate of drug-likeness (QED) is 0.811. The molecule has 1 unspecified atom stereocenters. The van der Waals surface area contributed by atoms with Crippen LogP contribution in [0.2, 0.25) is 0 Å². The predicted molar refractivity (Wildman–Crippen MR) is 88.3 cm³/mol. The zero-order valence-corrected chi connectivity index (χ0v) is 13.6. The molecule has 1 heterocycles. The second kappa shape index (κ2) is 8.27. The molecular weight excluding hydrogens is 280 g/mol. The number of thiazole rings is 1. The monoisotopic (exact) mass is 304 g/mol. The van der Waals surface area contributed by atoms with Gasteiger partial charge in [-0.2, -0.15) is 0 Å². The average molecular weight is 304 g/mol. The SMILES string of the molecule is CCc1nc(CN(Cc2ccccc2)CC(O)CC)cs1. The first-order valence-electron chi connectivity index (χ1n) is 7.58. The summed E-state index contributed by atoms with van der Waals surface area (Å²) in [5.74, 6) is 0. The molecule has 0 aliphatic rings. The average Bonchev–Trinajstić information content (AvgIpc) is 2.95. The highest BCUT2D eigenvalue weighted by molar-refractivity contribution is 7.09. The van der Waals surface area contributed by atoms with E-state index in [0.717, 1.165) is 31.6 Å². The van der Waals surface area contributed by atoms with Crippen molar-refractivity contribution in [1.82, 2.24) is 9.88 Å². The number of aliphatic hydroxyl groups is 1. The number of benzene rings is 1. The van der Waals surface area contributed by atoms with Crippen LogP contribution in [-0.2, 0) is 19.5 Å². The molecule has 1 aromatic heterocycles. The summed E-state index contributed by atoms with van der Waals surface area (Å²) in [5, 5.41) is 13.3. The highest BCUT2D eigenvalue weighted by Gasteiger charge is 2.13. The van der Waals surface area contributed by atoms with Gasteiger partial charge in [0.25, 0.3) is 0 Å². The molecule has 1 aromatic carbocycles. The molecule has 0 radical (unpaired) electrons. The molecule has 2 aromatic rings. The van der Waals surface area contributed by atoms with Gasteiger partial charge >= 0.3 is 0 Å². The number of rotatable bonds is 8. The Morgan fingerprint density at radius 1 is 1.19 bits per heavy atom. The summed E-state index contributed by atoms with van der Waals surface area (Å²) in [4.78, 5) is 6.91. The van der Waals surface area contributed by atoms with Gasteiger partial charge in [0, 0.05) is 25.0 Å². The summed E-state index contributed by atoms with van der Waals surface area (Å²) in [6.45, 7) is 6.47. The number of aliphatic hydroxyl groups excluding tert-OH is 1. The molecule has 0 fully saturated rings. The van der Waals surface area contributed by atoms with E-state index in [1.54, 1.807) is 11.3 Å². The van der Waals surface area contributed by atoms with Gasteiger partial charge in [-0.05, 0) is 18.4 Å². The molecule has 0 aliphatic heterocycles. The van der Waals surface area contributed by atoms with Crippen LogP contribution < -0.4 is 0 Å². The Kier molecular flexibility index (Phi) is 6.36. The summed E-state index contributed by atoms with van der Waals surface area (Å²) in [6, 6.07) is 10.4. The van der Waals surface area contributed by atoms with E-state index >= 15 is 0 Å². The van der Waals surface area contributed by atoms with E-state index in [1.165, 1.54) is 10.6 Å². The van der Waals surface area contributed by atoms with E-state index in [4.69, 9.17) is 0 Å². The standard InChI is InChI=1S/C17H24N2OS/c1-3-16(20)12-19(10-14-8-6-5-7-9-14)11-15-13-21-17(4-2)18-15/h5-9,13,16,20H,3-4,10-12H2,1-2H3. The topological polar surface area (TPSA) is 36.4 Å². The van der Waals surface area contributed by atoms with Crippen molar-refractivity contribution in [2.75, 3.05) is 6.54 Å². The lowest BCUT2D eigenvalue weighted by molar-refractivity contribution is 0.101. The first-order chi connectivity index (χ1) is 10.2. The van der Waals surface area contributed by atoms with E-state index in [9.17, 15) is 5.11 Å². The number of hydrogen-bond acceptors (Lipinski definition) is 4. The molecule has 0 saturated carbocycles. The van der Waals surface area contributed by atoms with Gasteiger partial charge in [-0.1, -0.05) is 44.2 Å². The van der Waals surface area contributed by atoms with Crippen molar-refractivity contribution in [3.8, 4) is 0 Å². The molecule has 21 heavy (non-hydrogen) atoms. The molecule has 3 nitrogen and oxygen atoms in total. The lowest BCUT2D eigenvalue weighted by Crippen LogP contribution is -2.31. The van der Waals surface area contributed by atoms with Crippen molar-refractivity contribution in [2.45, 2.75) is 45.9 Å². The van der Waals surface area contributed by atoms with Gasteiger partial charge < -0.3 is 5.11 Å². The van der Waals surface area contributed by atoms with Crippen LogP contribution in [0.4, 0.5) is 0 Å². The second-order valence-electron chi connectivity index (χ2n) is 5.30. The summed E-state index contributed by atoms with van der Waals surface area (Å²) in [5.41, 5.74) is 2.38. The molecule has 0 bridgehead atoms. The third kappa shape index (κ3) is 5.23. The van der Waals surface area contributed by atoms with E-state index in [0.29, 0.717) is 6.54 Å². The highest BCUT2D eigenvalue weighted by atomic mass is 32.1. The molecule has 4 heteroatoms. The maximum Gasteiger partial charge on any atom is 0.0926 e. The van der Waals surface area contributed by atoms with Gasteiger partial charge in [-0.3, -0.25) is 4.90 Å². The Morgan fingerprint density at radius 2 is 1.95 bits per heavy atom. The fraction of sp³-hybridized carbons (Fsp3) is 0.471. The minimum Gasteiger partial charge on any atom is -0.392 e. The molecule has 0 saturated heterocycles. The van der Waals surface area contributed by atoms with E-state index in [1.807, 2.05) is 13.0 Å². The fourth-order valence-electron chi connectivity index (χ4n) is 2.27. The van der Waals surface area contributed by atoms with Crippen LogP contribution >= 0.6 is 11.3 Å². The largest absolute Gasteiger partial charge is 0.392 e. The third-order valence-corrected chi connectivity index (χ3v) is 4.52. The normalized spacial score (nSPS) is 12.8. The maximum absolute atomic E-state index is 9.98. The predicted octanol–water partition coefficient (Wildman–Crippen LogP) is 3.48. The molecule has 1 atom stereocenters. The highest BCUT2D eigenvalue weighted by Crippen LogP contribution is 2.15. The molecule has 0 aliphatic carbocycles. The number of nitrogens with zero attached hydrogens (tertiary/aromatic N) is 2. The first-order valence-corrected chi connectivity index (χ1v) is 8.46. The smallest absolute Gasteiger partial charge is 0.0926 e. The zero-order valence-electron chi connectivity index (χ0n) is 12.8. The lowest BCUT2D eigenvalue weighted by atomic mass is 10.2. The van der Waals surface area contributed by atoms with Gasteiger partial charge in [0.05, 0.1) is 16.8 Å². The number of aromatic nitrogens is 1. The Bertz CT molecular complexity index is 527.